The maximum atomic E-state index is 5.99. The van der Waals surface area contributed by atoms with Gasteiger partial charge >= 0.3 is 0 Å². The van der Waals surface area contributed by atoms with Crippen molar-refractivity contribution < 1.29 is 9.47 Å². The molecular weight excluding hydrogens is 176 g/mol. The summed E-state index contributed by atoms with van der Waals surface area (Å²) in [5.41, 5.74) is -0.0152. The van der Waals surface area contributed by atoms with Crippen molar-refractivity contribution in [3.05, 3.63) is 6.10 Å². The topological polar surface area (TPSA) is 18.5 Å². The Balaban J connectivity index is 2.01. The van der Waals surface area contributed by atoms with Crippen LogP contribution in [0.3, 0.4) is 0 Å². The average Bonchev–Trinajstić information content (AvgIpc) is 2.31. The Hall–Kier alpha value is -0.0800. The monoisotopic (exact) mass is 197 g/mol. The van der Waals surface area contributed by atoms with Crippen LogP contribution in [0.1, 0.15) is 51.9 Å². The van der Waals surface area contributed by atoms with Crippen LogP contribution in [-0.4, -0.2) is 18.8 Å². The highest BCUT2D eigenvalue weighted by Crippen LogP contribution is 2.41. The lowest BCUT2D eigenvalue weighted by Crippen LogP contribution is -2.44. The van der Waals surface area contributed by atoms with Gasteiger partial charge in [0, 0.05) is 13.2 Å². The first-order valence-corrected chi connectivity index (χ1v) is 6.00. The average molecular weight is 197 g/mol. The first kappa shape index (κ1) is 10.4. The summed E-state index contributed by atoms with van der Waals surface area (Å²) < 4.78 is 11.8. The van der Waals surface area contributed by atoms with Crippen molar-refractivity contribution >= 4 is 0 Å². The Morgan fingerprint density at radius 3 is 2.57 bits per heavy atom. The first-order valence-electron chi connectivity index (χ1n) is 6.00. The number of rotatable bonds is 2. The molecular formula is C12H21O2. The van der Waals surface area contributed by atoms with Gasteiger partial charge in [0.1, 0.15) is 6.10 Å². The Bertz CT molecular complexity index is 167. The molecule has 1 atom stereocenters. The molecule has 1 unspecified atom stereocenters. The molecule has 2 heterocycles. The van der Waals surface area contributed by atoms with E-state index in [1.165, 1.54) is 38.2 Å². The van der Waals surface area contributed by atoms with E-state index < -0.39 is 0 Å². The highest BCUT2D eigenvalue weighted by atomic mass is 16.6. The zero-order valence-corrected chi connectivity index (χ0v) is 9.18. The number of hydrogen-bond acceptors (Lipinski definition) is 2. The van der Waals surface area contributed by atoms with Crippen LogP contribution < -0.4 is 0 Å². The van der Waals surface area contributed by atoms with Crippen molar-refractivity contribution in [2.24, 2.45) is 0 Å². The lowest BCUT2D eigenvalue weighted by Gasteiger charge is -2.43. The lowest BCUT2D eigenvalue weighted by atomic mass is 9.82. The zero-order valence-electron chi connectivity index (χ0n) is 9.18. The molecule has 0 saturated carbocycles. The van der Waals surface area contributed by atoms with Gasteiger partial charge in [0.25, 0.3) is 0 Å². The Kier molecular flexibility index (Phi) is 3.45. The molecule has 14 heavy (non-hydrogen) atoms. The smallest absolute Gasteiger partial charge is 0.129 e. The summed E-state index contributed by atoms with van der Waals surface area (Å²) >= 11 is 0. The van der Waals surface area contributed by atoms with Crippen molar-refractivity contribution in [3.8, 4) is 0 Å². The fourth-order valence-corrected chi connectivity index (χ4v) is 2.56. The van der Waals surface area contributed by atoms with Gasteiger partial charge in [-0.15, -0.1) is 0 Å². The molecule has 2 saturated heterocycles. The van der Waals surface area contributed by atoms with E-state index >= 15 is 0 Å². The van der Waals surface area contributed by atoms with Crippen LogP contribution in [0.25, 0.3) is 0 Å². The molecule has 81 valence electrons. The highest BCUT2D eigenvalue weighted by Gasteiger charge is 2.42. The second-order valence-corrected chi connectivity index (χ2v) is 4.38. The maximum absolute atomic E-state index is 5.99. The summed E-state index contributed by atoms with van der Waals surface area (Å²) in [6, 6.07) is 0. The fraction of sp³-hybridized carbons (Fsp3) is 0.917. The van der Waals surface area contributed by atoms with Gasteiger partial charge in [0.15, 0.2) is 0 Å². The molecule has 1 radical (unpaired) electrons. The minimum atomic E-state index is -0.0152. The zero-order chi connectivity index (χ0) is 9.86. The number of hydrogen-bond donors (Lipinski definition) is 0. The summed E-state index contributed by atoms with van der Waals surface area (Å²) in [6.45, 7) is 4.04. The minimum absolute atomic E-state index is 0.0152. The van der Waals surface area contributed by atoms with Gasteiger partial charge in [-0.05, 0) is 44.9 Å². The van der Waals surface area contributed by atoms with E-state index in [9.17, 15) is 0 Å². The standard InChI is InChI=1S/C12H21O2/c1-2-12(8-4-6-10-14-12)11-7-3-5-9-13-11/h2-10H2,1H3. The fourth-order valence-electron chi connectivity index (χ4n) is 2.56. The molecule has 0 aliphatic carbocycles. The molecule has 2 fully saturated rings. The van der Waals surface area contributed by atoms with E-state index in [0.29, 0.717) is 0 Å². The third kappa shape index (κ3) is 1.96. The second kappa shape index (κ2) is 4.63. The van der Waals surface area contributed by atoms with E-state index in [-0.39, 0.29) is 5.60 Å². The van der Waals surface area contributed by atoms with Crippen molar-refractivity contribution in [2.45, 2.75) is 57.5 Å². The van der Waals surface area contributed by atoms with Crippen molar-refractivity contribution in [1.29, 1.82) is 0 Å². The Labute approximate surface area is 87.0 Å². The third-order valence-electron chi connectivity index (χ3n) is 3.51. The van der Waals surface area contributed by atoms with Gasteiger partial charge in [-0.1, -0.05) is 6.92 Å². The van der Waals surface area contributed by atoms with Crippen LogP contribution >= 0.6 is 0 Å². The summed E-state index contributed by atoms with van der Waals surface area (Å²) in [7, 11) is 0. The van der Waals surface area contributed by atoms with Crippen LogP contribution in [0.4, 0.5) is 0 Å². The second-order valence-electron chi connectivity index (χ2n) is 4.38. The van der Waals surface area contributed by atoms with E-state index in [2.05, 4.69) is 6.92 Å². The van der Waals surface area contributed by atoms with Crippen LogP contribution in [0.2, 0.25) is 0 Å². The predicted octanol–water partition coefficient (Wildman–Crippen LogP) is 3.07. The molecule has 0 aromatic carbocycles. The molecule has 0 N–H and O–H groups in total. The van der Waals surface area contributed by atoms with Crippen molar-refractivity contribution in [3.63, 3.8) is 0 Å². The Morgan fingerprint density at radius 1 is 1.14 bits per heavy atom. The molecule has 2 nitrogen and oxygen atoms in total. The molecule has 0 aromatic rings. The van der Waals surface area contributed by atoms with E-state index in [1.807, 2.05) is 0 Å². The van der Waals surface area contributed by atoms with Crippen LogP contribution in [-0.2, 0) is 9.47 Å². The normalized spacial score (nSPS) is 35.8. The van der Waals surface area contributed by atoms with Gasteiger partial charge in [0.05, 0.1) is 5.60 Å². The van der Waals surface area contributed by atoms with Crippen LogP contribution in [0.15, 0.2) is 0 Å². The quantitative estimate of drug-likeness (QED) is 0.677. The van der Waals surface area contributed by atoms with Gasteiger partial charge in [0.2, 0.25) is 0 Å². The van der Waals surface area contributed by atoms with E-state index in [0.717, 1.165) is 26.1 Å². The van der Waals surface area contributed by atoms with Gasteiger partial charge in [-0.2, -0.15) is 0 Å². The largest absolute Gasteiger partial charge is 0.372 e. The molecule has 2 heteroatoms. The van der Waals surface area contributed by atoms with Gasteiger partial charge < -0.3 is 9.47 Å². The van der Waals surface area contributed by atoms with Crippen LogP contribution in [0.5, 0.6) is 0 Å². The van der Waals surface area contributed by atoms with Gasteiger partial charge in [-0.25, -0.2) is 0 Å². The molecule has 2 aliphatic rings. The van der Waals surface area contributed by atoms with Crippen molar-refractivity contribution in [2.75, 3.05) is 13.2 Å². The molecule has 0 aromatic heterocycles. The lowest BCUT2D eigenvalue weighted by molar-refractivity contribution is -0.128. The SMILES string of the molecule is CCC1([C]2CCCCO2)CCCCO1. The van der Waals surface area contributed by atoms with E-state index in [4.69, 9.17) is 9.47 Å². The molecule has 0 amide bonds. The molecule has 0 bridgehead atoms. The minimum Gasteiger partial charge on any atom is -0.372 e. The summed E-state index contributed by atoms with van der Waals surface area (Å²) in [6.07, 6.45) is 9.60. The van der Waals surface area contributed by atoms with Crippen molar-refractivity contribution in [1.82, 2.24) is 0 Å². The highest BCUT2D eigenvalue weighted by molar-refractivity contribution is 5.04. The Morgan fingerprint density at radius 2 is 2.00 bits per heavy atom. The molecule has 2 aliphatic heterocycles. The number of ether oxygens (including phenoxy) is 2. The third-order valence-corrected chi connectivity index (χ3v) is 3.51. The molecule has 2 rings (SSSR count). The first-order chi connectivity index (χ1) is 6.87. The predicted molar refractivity (Wildman–Crippen MR) is 55.9 cm³/mol. The van der Waals surface area contributed by atoms with E-state index in [1.54, 1.807) is 0 Å². The summed E-state index contributed by atoms with van der Waals surface area (Å²) in [5, 5.41) is 0. The van der Waals surface area contributed by atoms with Gasteiger partial charge in [-0.3, -0.25) is 0 Å². The maximum Gasteiger partial charge on any atom is 0.129 e. The molecule has 0 spiro atoms. The summed E-state index contributed by atoms with van der Waals surface area (Å²) in [4.78, 5) is 0. The summed E-state index contributed by atoms with van der Waals surface area (Å²) in [5.74, 6) is 0. The van der Waals surface area contributed by atoms with Crippen LogP contribution in [0, 0.1) is 6.10 Å².